The molecule has 1 aromatic carbocycles. The van der Waals surface area contributed by atoms with Crippen LogP contribution in [-0.4, -0.2) is 25.3 Å². The van der Waals surface area contributed by atoms with Crippen molar-refractivity contribution in [3.8, 4) is 0 Å². The van der Waals surface area contributed by atoms with E-state index in [0.29, 0.717) is 28.3 Å². The van der Waals surface area contributed by atoms with Crippen molar-refractivity contribution >= 4 is 45.7 Å². The highest BCUT2D eigenvalue weighted by Crippen LogP contribution is 2.22. The Labute approximate surface area is 116 Å². The van der Waals surface area contributed by atoms with Crippen molar-refractivity contribution in [2.24, 2.45) is 0 Å². The van der Waals surface area contributed by atoms with Gasteiger partial charge in [0, 0.05) is 34.9 Å². The minimum atomic E-state index is -0.861. The first-order chi connectivity index (χ1) is 8.52. The van der Waals surface area contributed by atoms with Crippen LogP contribution >= 0.6 is 23.8 Å². The molecule has 0 radical (unpaired) electrons. The topological polar surface area (TPSA) is 37.8 Å². The van der Waals surface area contributed by atoms with E-state index in [1.165, 1.54) is 12.1 Å². The molecule has 2 aromatic rings. The van der Waals surface area contributed by atoms with Crippen LogP contribution in [0.5, 0.6) is 0 Å². The summed E-state index contributed by atoms with van der Waals surface area (Å²) in [6, 6.07) is 2.86. The van der Waals surface area contributed by atoms with E-state index in [0.717, 1.165) is 5.52 Å². The summed E-state index contributed by atoms with van der Waals surface area (Å²) in [6.45, 7) is 2.40. The molecule has 1 atom stereocenters. The fourth-order valence-corrected chi connectivity index (χ4v) is 2.84. The van der Waals surface area contributed by atoms with E-state index in [9.17, 15) is 8.60 Å². The van der Waals surface area contributed by atoms with Crippen molar-refractivity contribution in [2.45, 2.75) is 13.5 Å². The number of halogens is 2. The average molecular weight is 307 g/mol. The Balaban J connectivity index is 2.44. The molecule has 7 heteroatoms. The van der Waals surface area contributed by atoms with Crippen LogP contribution in [-0.2, 0) is 17.3 Å². The van der Waals surface area contributed by atoms with Gasteiger partial charge >= 0.3 is 0 Å². The molecule has 3 nitrogen and oxygen atoms in total. The summed E-state index contributed by atoms with van der Waals surface area (Å²) in [4.78, 5) is 2.92. The number of nitrogens with one attached hydrogen (secondary N) is 1. The molecule has 0 bridgehead atoms. The standard InChI is InChI=1S/C11H12ClFN2OS2/c1-2-18(16)4-3-15-10-5-7(12)8(13)6-9(10)14-11(15)17/h5-6H,2-4H2,1H3,(H,14,17). The van der Waals surface area contributed by atoms with E-state index < -0.39 is 16.6 Å². The van der Waals surface area contributed by atoms with Crippen molar-refractivity contribution < 1.29 is 8.60 Å². The maximum absolute atomic E-state index is 13.3. The molecule has 0 saturated heterocycles. The first-order valence-corrected chi connectivity index (χ1v) is 7.73. The Morgan fingerprint density at radius 3 is 2.94 bits per heavy atom. The van der Waals surface area contributed by atoms with Gasteiger partial charge < -0.3 is 9.55 Å². The van der Waals surface area contributed by atoms with Gasteiger partial charge in [-0.05, 0) is 18.3 Å². The van der Waals surface area contributed by atoms with Crippen LogP contribution in [0.1, 0.15) is 6.92 Å². The molecule has 2 rings (SSSR count). The van der Waals surface area contributed by atoms with Gasteiger partial charge in [-0.3, -0.25) is 4.21 Å². The lowest BCUT2D eigenvalue weighted by Gasteiger charge is -2.04. The number of rotatable bonds is 4. The second kappa shape index (κ2) is 5.50. The summed E-state index contributed by atoms with van der Waals surface area (Å²) < 4.78 is 27.0. The third-order valence-electron chi connectivity index (χ3n) is 2.68. The normalized spacial score (nSPS) is 13.1. The molecule has 0 spiro atoms. The quantitative estimate of drug-likeness (QED) is 0.880. The summed E-state index contributed by atoms with van der Waals surface area (Å²) in [5.41, 5.74) is 1.34. The molecule has 1 aromatic heterocycles. The number of hydrogen-bond donors (Lipinski definition) is 1. The molecular weight excluding hydrogens is 295 g/mol. The Bertz CT molecular complexity index is 665. The van der Waals surface area contributed by atoms with Gasteiger partial charge in [0.1, 0.15) is 5.82 Å². The van der Waals surface area contributed by atoms with Gasteiger partial charge in [0.2, 0.25) is 0 Å². The Hall–Kier alpha value is -0.720. The van der Waals surface area contributed by atoms with Gasteiger partial charge in [-0.2, -0.15) is 0 Å². The number of imidazole rings is 1. The van der Waals surface area contributed by atoms with Crippen molar-refractivity contribution in [2.75, 3.05) is 11.5 Å². The van der Waals surface area contributed by atoms with Crippen LogP contribution in [0.25, 0.3) is 11.0 Å². The zero-order valence-electron chi connectivity index (χ0n) is 9.70. The highest BCUT2D eigenvalue weighted by molar-refractivity contribution is 7.84. The lowest BCUT2D eigenvalue weighted by Crippen LogP contribution is -2.08. The van der Waals surface area contributed by atoms with Gasteiger partial charge in [0.15, 0.2) is 4.77 Å². The highest BCUT2D eigenvalue weighted by atomic mass is 35.5. The maximum atomic E-state index is 13.3. The fourth-order valence-electron chi connectivity index (χ4n) is 1.71. The van der Waals surface area contributed by atoms with Gasteiger partial charge in [-0.1, -0.05) is 18.5 Å². The number of aromatic amines is 1. The van der Waals surface area contributed by atoms with Crippen molar-refractivity contribution in [3.63, 3.8) is 0 Å². The van der Waals surface area contributed by atoms with E-state index in [4.69, 9.17) is 23.8 Å². The summed E-state index contributed by atoms with van der Waals surface area (Å²) in [7, 11) is -0.861. The monoisotopic (exact) mass is 306 g/mol. The Kier molecular flexibility index (Phi) is 4.19. The molecule has 1 heterocycles. The number of nitrogens with zero attached hydrogens (tertiary/aromatic N) is 1. The molecule has 1 unspecified atom stereocenters. The van der Waals surface area contributed by atoms with Crippen molar-refractivity contribution in [3.05, 3.63) is 27.7 Å². The smallest absolute Gasteiger partial charge is 0.178 e. The Morgan fingerprint density at radius 1 is 1.56 bits per heavy atom. The van der Waals surface area contributed by atoms with E-state index in [2.05, 4.69) is 4.98 Å². The molecular formula is C11H12ClFN2OS2. The number of H-pyrrole nitrogens is 1. The molecule has 1 N–H and O–H groups in total. The van der Waals surface area contributed by atoms with Crippen LogP contribution < -0.4 is 0 Å². The molecule has 0 saturated carbocycles. The Morgan fingerprint density at radius 2 is 2.28 bits per heavy atom. The molecule has 0 aliphatic rings. The predicted molar refractivity (Wildman–Crippen MR) is 75.6 cm³/mol. The summed E-state index contributed by atoms with van der Waals surface area (Å²) >= 11 is 10.9. The molecule has 0 aliphatic carbocycles. The van der Waals surface area contributed by atoms with Gasteiger partial charge in [0.05, 0.1) is 16.1 Å². The van der Waals surface area contributed by atoms with E-state index in [1.807, 2.05) is 6.92 Å². The number of fused-ring (bicyclic) bond motifs is 1. The second-order valence-electron chi connectivity index (χ2n) is 3.80. The molecule has 0 amide bonds. The third kappa shape index (κ3) is 2.65. The zero-order chi connectivity index (χ0) is 13.3. The molecule has 0 aliphatic heterocycles. The minimum Gasteiger partial charge on any atom is -0.330 e. The highest BCUT2D eigenvalue weighted by Gasteiger charge is 2.09. The second-order valence-corrected chi connectivity index (χ2v) is 6.46. The van der Waals surface area contributed by atoms with Crippen molar-refractivity contribution in [1.29, 1.82) is 0 Å². The number of aromatic nitrogens is 2. The van der Waals surface area contributed by atoms with Crippen LogP contribution in [0.3, 0.4) is 0 Å². The van der Waals surface area contributed by atoms with Crippen molar-refractivity contribution in [1.82, 2.24) is 9.55 Å². The molecule has 98 valence electrons. The summed E-state index contributed by atoms with van der Waals surface area (Å²) in [5.74, 6) is 0.655. The zero-order valence-corrected chi connectivity index (χ0v) is 12.1. The van der Waals surface area contributed by atoms with Gasteiger partial charge in [-0.25, -0.2) is 4.39 Å². The fraction of sp³-hybridized carbons (Fsp3) is 0.364. The first-order valence-electron chi connectivity index (χ1n) is 5.45. The minimum absolute atomic E-state index is 0.0573. The lowest BCUT2D eigenvalue weighted by molar-refractivity contribution is 0.629. The third-order valence-corrected chi connectivity index (χ3v) is 4.57. The van der Waals surface area contributed by atoms with Gasteiger partial charge in [0.25, 0.3) is 0 Å². The van der Waals surface area contributed by atoms with Gasteiger partial charge in [-0.15, -0.1) is 0 Å². The lowest BCUT2D eigenvalue weighted by atomic mass is 10.3. The molecule has 18 heavy (non-hydrogen) atoms. The first kappa shape index (κ1) is 13.7. The van der Waals surface area contributed by atoms with Crippen LogP contribution in [0, 0.1) is 10.6 Å². The number of aryl methyl sites for hydroxylation is 1. The SMILES string of the molecule is CCS(=O)CCn1c(=S)[nH]c2cc(F)c(Cl)cc21. The van der Waals surface area contributed by atoms with E-state index in [1.54, 1.807) is 4.57 Å². The van der Waals surface area contributed by atoms with Crippen LogP contribution in [0.15, 0.2) is 12.1 Å². The number of hydrogen-bond acceptors (Lipinski definition) is 2. The summed E-state index contributed by atoms with van der Waals surface area (Å²) in [5, 5.41) is 0.0573. The predicted octanol–water partition coefficient (Wildman–Crippen LogP) is 3.26. The average Bonchev–Trinajstić information content (AvgIpc) is 2.62. The van der Waals surface area contributed by atoms with E-state index in [-0.39, 0.29) is 5.02 Å². The van der Waals surface area contributed by atoms with E-state index >= 15 is 0 Å². The number of benzene rings is 1. The maximum Gasteiger partial charge on any atom is 0.178 e. The molecule has 0 fully saturated rings. The van der Waals surface area contributed by atoms with Crippen LogP contribution in [0.4, 0.5) is 4.39 Å². The van der Waals surface area contributed by atoms with Crippen LogP contribution in [0.2, 0.25) is 5.02 Å². The largest absolute Gasteiger partial charge is 0.330 e. The summed E-state index contributed by atoms with van der Waals surface area (Å²) in [6.07, 6.45) is 0.